The largest absolute Gasteiger partial charge is 0.402 e. The van der Waals surface area contributed by atoms with Crippen LogP contribution in [0.2, 0.25) is 0 Å². The molecule has 0 bridgehead atoms. The Morgan fingerprint density at radius 2 is 2.18 bits per heavy atom. The van der Waals surface area contributed by atoms with E-state index in [1.54, 1.807) is 0 Å². The van der Waals surface area contributed by atoms with E-state index in [1.165, 1.54) is 0 Å². The number of alkyl halides is 3. The van der Waals surface area contributed by atoms with E-state index >= 15 is 0 Å². The van der Waals surface area contributed by atoms with E-state index in [-0.39, 0.29) is 13.0 Å². The minimum Gasteiger partial charge on any atom is -0.370 e. The van der Waals surface area contributed by atoms with Crippen molar-refractivity contribution in [2.45, 2.75) is 12.6 Å². The molecule has 1 unspecified atom stereocenters. The van der Waals surface area contributed by atoms with Gasteiger partial charge in [-0.2, -0.15) is 18.7 Å². The first-order valence-electron chi connectivity index (χ1n) is 3.02. The van der Waals surface area contributed by atoms with Crippen molar-refractivity contribution in [2.75, 3.05) is 6.54 Å². The summed E-state index contributed by atoms with van der Waals surface area (Å²) in [7, 11) is 0. The number of carbonyl (C=O) groups is 1. The second kappa shape index (κ2) is 2.69. The monoisotopic (exact) mass is 169 g/mol. The van der Waals surface area contributed by atoms with Gasteiger partial charge in [0.05, 0.1) is 0 Å². The van der Waals surface area contributed by atoms with E-state index in [4.69, 9.17) is 0 Å². The van der Waals surface area contributed by atoms with Gasteiger partial charge in [0.1, 0.15) is 0 Å². The van der Waals surface area contributed by atoms with Gasteiger partial charge in [0.25, 0.3) is 0 Å². The van der Waals surface area contributed by atoms with Crippen LogP contribution in [0.15, 0.2) is 0 Å². The number of halogens is 3. The Labute approximate surface area is 60.5 Å². The molecule has 0 radical (unpaired) electrons. The summed E-state index contributed by atoms with van der Waals surface area (Å²) in [6.07, 6.45) is -4.72. The summed E-state index contributed by atoms with van der Waals surface area (Å²) in [5.74, 6) is -3.20. The van der Waals surface area contributed by atoms with Gasteiger partial charge in [-0.3, -0.25) is 0 Å². The molecule has 0 aromatic rings. The van der Waals surface area contributed by atoms with Gasteiger partial charge in [0.2, 0.25) is 0 Å². The standard InChI is InChI=1S/C5H6F3NO2/c6-5(7,8)3-1-2-9-11-4(3)10/h3,9H,1-2H2. The van der Waals surface area contributed by atoms with Crippen LogP contribution >= 0.6 is 0 Å². The first-order chi connectivity index (χ1) is 5.02. The molecule has 64 valence electrons. The Balaban J connectivity index is 2.62. The predicted octanol–water partition coefficient (Wildman–Crippen LogP) is 0.616. The molecule has 0 aliphatic carbocycles. The summed E-state index contributed by atoms with van der Waals surface area (Å²) < 4.78 is 35.6. The van der Waals surface area contributed by atoms with Crippen LogP contribution in [0.5, 0.6) is 0 Å². The zero-order valence-corrected chi connectivity index (χ0v) is 5.44. The molecule has 11 heavy (non-hydrogen) atoms. The molecule has 1 aliphatic rings. The Kier molecular flexibility index (Phi) is 2.03. The molecular weight excluding hydrogens is 163 g/mol. The number of hydroxylamine groups is 1. The number of rotatable bonds is 0. The normalized spacial score (nSPS) is 26.5. The highest BCUT2D eigenvalue weighted by atomic mass is 19.4. The van der Waals surface area contributed by atoms with Gasteiger partial charge >= 0.3 is 12.1 Å². The fraction of sp³-hybridized carbons (Fsp3) is 0.800. The van der Waals surface area contributed by atoms with Gasteiger partial charge in [-0.1, -0.05) is 0 Å². The molecule has 0 spiro atoms. The van der Waals surface area contributed by atoms with E-state index in [1.807, 2.05) is 0 Å². The maximum absolute atomic E-state index is 11.9. The molecule has 1 N–H and O–H groups in total. The van der Waals surface area contributed by atoms with E-state index in [9.17, 15) is 18.0 Å². The maximum atomic E-state index is 11.9. The summed E-state index contributed by atoms with van der Waals surface area (Å²) in [6, 6.07) is 0. The molecule has 1 atom stereocenters. The first kappa shape index (κ1) is 8.32. The smallest absolute Gasteiger partial charge is 0.370 e. The molecule has 1 saturated heterocycles. The highest BCUT2D eigenvalue weighted by Gasteiger charge is 2.47. The summed E-state index contributed by atoms with van der Waals surface area (Å²) in [5.41, 5.74) is 2.09. The number of carbonyl (C=O) groups excluding carboxylic acids is 1. The average molecular weight is 169 g/mol. The van der Waals surface area contributed by atoms with Gasteiger partial charge in [-0.15, -0.1) is 0 Å². The number of hydrogen-bond acceptors (Lipinski definition) is 3. The van der Waals surface area contributed by atoms with Gasteiger partial charge in [-0.25, -0.2) is 4.79 Å². The third-order valence-electron chi connectivity index (χ3n) is 1.39. The van der Waals surface area contributed by atoms with Crippen molar-refractivity contribution in [2.24, 2.45) is 5.92 Å². The third-order valence-corrected chi connectivity index (χ3v) is 1.39. The fourth-order valence-electron chi connectivity index (χ4n) is 0.812. The van der Waals surface area contributed by atoms with Gasteiger partial charge in [0, 0.05) is 6.54 Å². The number of nitrogens with one attached hydrogen (secondary N) is 1. The zero-order valence-electron chi connectivity index (χ0n) is 5.44. The van der Waals surface area contributed by atoms with E-state index < -0.39 is 18.1 Å². The third kappa shape index (κ3) is 1.83. The molecule has 0 aromatic heterocycles. The van der Waals surface area contributed by atoms with Crippen molar-refractivity contribution in [1.82, 2.24) is 5.48 Å². The van der Waals surface area contributed by atoms with Gasteiger partial charge < -0.3 is 4.84 Å². The number of hydrogen-bond donors (Lipinski definition) is 1. The van der Waals surface area contributed by atoms with Crippen LogP contribution in [0.4, 0.5) is 13.2 Å². The van der Waals surface area contributed by atoms with E-state index in [0.717, 1.165) is 0 Å². The molecule has 1 heterocycles. The predicted molar refractivity (Wildman–Crippen MR) is 28.3 cm³/mol. The molecule has 0 amide bonds. The SMILES string of the molecule is O=C1ONCCC1C(F)(F)F. The van der Waals surface area contributed by atoms with Crippen LogP contribution in [-0.2, 0) is 9.63 Å². The van der Waals surface area contributed by atoms with Crippen molar-refractivity contribution < 1.29 is 22.8 Å². The van der Waals surface area contributed by atoms with Crippen LogP contribution in [0.3, 0.4) is 0 Å². The molecule has 0 saturated carbocycles. The van der Waals surface area contributed by atoms with E-state index in [2.05, 4.69) is 10.3 Å². The minimum atomic E-state index is -4.47. The van der Waals surface area contributed by atoms with E-state index in [0.29, 0.717) is 0 Å². The summed E-state index contributed by atoms with van der Waals surface area (Å²) in [4.78, 5) is 14.4. The van der Waals surface area contributed by atoms with Crippen molar-refractivity contribution in [1.29, 1.82) is 0 Å². The molecule has 0 aromatic carbocycles. The van der Waals surface area contributed by atoms with Crippen molar-refractivity contribution in [3.63, 3.8) is 0 Å². The van der Waals surface area contributed by atoms with Crippen LogP contribution in [-0.4, -0.2) is 18.7 Å². The highest BCUT2D eigenvalue weighted by molar-refractivity contribution is 5.73. The Morgan fingerprint density at radius 1 is 1.55 bits per heavy atom. The molecule has 3 nitrogen and oxygen atoms in total. The van der Waals surface area contributed by atoms with Crippen LogP contribution in [0, 0.1) is 5.92 Å². The Morgan fingerprint density at radius 3 is 2.55 bits per heavy atom. The molecule has 1 rings (SSSR count). The minimum absolute atomic E-state index is 0.0515. The molecule has 1 aliphatic heterocycles. The lowest BCUT2D eigenvalue weighted by Crippen LogP contribution is -2.42. The Hall–Kier alpha value is -0.780. The first-order valence-corrected chi connectivity index (χ1v) is 3.02. The molecular formula is C5H6F3NO2. The molecule has 1 fully saturated rings. The van der Waals surface area contributed by atoms with Gasteiger partial charge in [-0.05, 0) is 6.42 Å². The quantitative estimate of drug-likeness (QED) is 0.577. The van der Waals surface area contributed by atoms with Crippen molar-refractivity contribution in [3.8, 4) is 0 Å². The summed E-state index contributed by atoms with van der Waals surface area (Å²) in [6.45, 7) is 0.0515. The van der Waals surface area contributed by atoms with Crippen molar-refractivity contribution in [3.05, 3.63) is 0 Å². The molecule has 6 heteroatoms. The lowest BCUT2D eigenvalue weighted by atomic mass is 10.1. The average Bonchev–Trinajstić information content (AvgIpc) is 1.86. The summed E-state index contributed by atoms with van der Waals surface area (Å²) >= 11 is 0. The lowest BCUT2D eigenvalue weighted by Gasteiger charge is -2.22. The second-order valence-corrected chi connectivity index (χ2v) is 2.20. The fourth-order valence-corrected chi connectivity index (χ4v) is 0.812. The van der Waals surface area contributed by atoms with Crippen LogP contribution in [0.1, 0.15) is 6.42 Å². The van der Waals surface area contributed by atoms with Crippen molar-refractivity contribution >= 4 is 5.97 Å². The second-order valence-electron chi connectivity index (χ2n) is 2.20. The highest BCUT2D eigenvalue weighted by Crippen LogP contribution is 2.30. The van der Waals surface area contributed by atoms with Crippen LogP contribution < -0.4 is 5.48 Å². The lowest BCUT2D eigenvalue weighted by molar-refractivity contribution is -0.211. The van der Waals surface area contributed by atoms with Gasteiger partial charge in [0.15, 0.2) is 5.92 Å². The van der Waals surface area contributed by atoms with Crippen LogP contribution in [0.25, 0.3) is 0 Å². The Bertz CT molecular complexity index is 168. The summed E-state index contributed by atoms with van der Waals surface area (Å²) in [5, 5.41) is 0. The maximum Gasteiger partial charge on any atom is 0.402 e. The topological polar surface area (TPSA) is 38.3 Å². The zero-order chi connectivity index (χ0) is 8.48.